The quantitative estimate of drug-likeness (QED) is 0.500. The van der Waals surface area contributed by atoms with Crippen molar-refractivity contribution in [3.63, 3.8) is 0 Å². The molecule has 4 rings (SSSR count). The maximum Gasteiger partial charge on any atom is 0.239 e. The molecule has 1 aliphatic rings. The van der Waals surface area contributed by atoms with Crippen LogP contribution in [0.2, 0.25) is 0 Å². The maximum absolute atomic E-state index is 12.6. The zero-order chi connectivity index (χ0) is 18.8. The summed E-state index contributed by atoms with van der Waals surface area (Å²) in [5, 5.41) is 2.73. The Hall–Kier alpha value is -2.09. The van der Waals surface area contributed by atoms with E-state index in [0.29, 0.717) is 11.4 Å². The summed E-state index contributed by atoms with van der Waals surface area (Å²) < 4.78 is 1.80. The molecule has 1 aromatic heterocycles. The number of hydrogen-bond donors (Lipinski definition) is 1. The van der Waals surface area contributed by atoms with Crippen LogP contribution in [0.15, 0.2) is 46.8 Å². The van der Waals surface area contributed by atoms with Crippen LogP contribution in [0.4, 0.5) is 11.4 Å². The Labute approximate surface area is 169 Å². The molecule has 27 heavy (non-hydrogen) atoms. The van der Waals surface area contributed by atoms with Crippen LogP contribution in [0.1, 0.15) is 5.56 Å². The number of nitrogens with zero attached hydrogens (tertiary/aromatic N) is 2. The van der Waals surface area contributed by atoms with E-state index >= 15 is 0 Å². The van der Waals surface area contributed by atoms with Gasteiger partial charge in [0.2, 0.25) is 11.8 Å². The van der Waals surface area contributed by atoms with E-state index in [1.54, 1.807) is 6.07 Å². The second-order valence-electron chi connectivity index (χ2n) is 6.06. The summed E-state index contributed by atoms with van der Waals surface area (Å²) in [6, 6.07) is 13.6. The Balaban J connectivity index is 1.43. The summed E-state index contributed by atoms with van der Waals surface area (Å²) in [4.78, 5) is 30.5. The van der Waals surface area contributed by atoms with Gasteiger partial charge in [0.15, 0.2) is 4.34 Å². The van der Waals surface area contributed by atoms with Gasteiger partial charge < -0.3 is 10.2 Å². The average molecular weight is 418 g/mol. The van der Waals surface area contributed by atoms with Crippen molar-refractivity contribution in [3.8, 4) is 0 Å². The van der Waals surface area contributed by atoms with Crippen LogP contribution in [-0.4, -0.2) is 35.0 Å². The third-order valence-corrected chi connectivity index (χ3v) is 6.67. The van der Waals surface area contributed by atoms with Crippen LogP contribution in [-0.2, 0) is 16.0 Å². The number of carbonyl (C=O) groups excluding carboxylic acids is 2. The van der Waals surface area contributed by atoms with E-state index in [1.165, 1.54) is 28.7 Å². The third-order valence-electron chi connectivity index (χ3n) is 4.28. The molecule has 2 amide bonds. The normalized spacial score (nSPS) is 13.0. The van der Waals surface area contributed by atoms with E-state index in [-0.39, 0.29) is 17.7 Å². The summed E-state index contributed by atoms with van der Waals surface area (Å²) in [7, 11) is 0. The fraction of sp³-hybridized carbons (Fsp3) is 0.211. The highest BCUT2D eigenvalue weighted by molar-refractivity contribution is 8.01. The molecule has 5 nitrogen and oxygen atoms in total. The molecule has 0 fully saturated rings. The van der Waals surface area contributed by atoms with Crippen molar-refractivity contribution in [2.45, 2.75) is 10.8 Å². The Morgan fingerprint density at radius 3 is 2.96 bits per heavy atom. The van der Waals surface area contributed by atoms with Crippen molar-refractivity contribution in [2.75, 3.05) is 28.4 Å². The smallest absolute Gasteiger partial charge is 0.239 e. The molecule has 0 atom stereocenters. The van der Waals surface area contributed by atoms with Gasteiger partial charge in [-0.1, -0.05) is 30.0 Å². The number of halogens is 1. The molecular weight excluding hydrogens is 402 g/mol. The second-order valence-corrected chi connectivity index (χ2v) is 8.58. The highest BCUT2D eigenvalue weighted by atomic mass is 35.5. The largest absolute Gasteiger partial charge is 0.325 e. The van der Waals surface area contributed by atoms with E-state index in [1.807, 2.05) is 35.2 Å². The fourth-order valence-electron chi connectivity index (χ4n) is 3.04. The summed E-state index contributed by atoms with van der Waals surface area (Å²) in [5.74, 6) is 0.124. The molecule has 8 heteroatoms. The summed E-state index contributed by atoms with van der Waals surface area (Å²) >= 11 is 8.48. The number of carbonyl (C=O) groups is 2. The van der Waals surface area contributed by atoms with Crippen LogP contribution in [0.5, 0.6) is 0 Å². The van der Waals surface area contributed by atoms with Crippen molar-refractivity contribution in [1.82, 2.24) is 4.98 Å². The van der Waals surface area contributed by atoms with Crippen LogP contribution in [0.25, 0.3) is 10.2 Å². The number of alkyl halides is 1. The van der Waals surface area contributed by atoms with Crippen molar-refractivity contribution in [3.05, 3.63) is 48.0 Å². The summed E-state index contributed by atoms with van der Waals surface area (Å²) in [6.45, 7) is 0.738. The average Bonchev–Trinajstić information content (AvgIpc) is 3.29. The van der Waals surface area contributed by atoms with Gasteiger partial charge in [-0.15, -0.1) is 22.9 Å². The number of para-hydroxylation sites is 1. The minimum atomic E-state index is -0.244. The first-order valence-corrected chi connectivity index (χ1v) is 10.7. The number of hydrogen-bond acceptors (Lipinski definition) is 5. The number of thioether (sulfide) groups is 1. The molecule has 0 aliphatic carbocycles. The van der Waals surface area contributed by atoms with Crippen molar-refractivity contribution in [2.24, 2.45) is 0 Å². The number of fused-ring (bicyclic) bond motifs is 2. The molecule has 2 heterocycles. The van der Waals surface area contributed by atoms with E-state index in [2.05, 4.69) is 16.4 Å². The zero-order valence-corrected chi connectivity index (χ0v) is 16.7. The van der Waals surface area contributed by atoms with E-state index in [4.69, 9.17) is 11.6 Å². The van der Waals surface area contributed by atoms with Gasteiger partial charge in [-0.2, -0.15) is 0 Å². The first kappa shape index (κ1) is 18.3. The van der Waals surface area contributed by atoms with Gasteiger partial charge >= 0.3 is 0 Å². The monoisotopic (exact) mass is 417 g/mol. The van der Waals surface area contributed by atoms with Gasteiger partial charge in [-0.3, -0.25) is 9.59 Å². The fourth-order valence-corrected chi connectivity index (χ4v) is 5.09. The van der Waals surface area contributed by atoms with E-state index in [0.717, 1.165) is 33.2 Å². The number of thiazole rings is 1. The van der Waals surface area contributed by atoms with Gasteiger partial charge in [-0.25, -0.2) is 4.98 Å². The Morgan fingerprint density at radius 1 is 1.26 bits per heavy atom. The molecule has 2 aromatic carbocycles. The van der Waals surface area contributed by atoms with E-state index < -0.39 is 0 Å². The molecule has 1 aliphatic heterocycles. The molecule has 0 spiro atoms. The van der Waals surface area contributed by atoms with Crippen molar-refractivity contribution in [1.29, 1.82) is 0 Å². The van der Waals surface area contributed by atoms with Gasteiger partial charge in [0.05, 0.1) is 16.0 Å². The summed E-state index contributed by atoms with van der Waals surface area (Å²) in [6.07, 6.45) is 0.907. The molecular formula is C19H16ClN3O2S2. The molecule has 0 bridgehead atoms. The molecule has 0 saturated heterocycles. The zero-order valence-electron chi connectivity index (χ0n) is 14.3. The summed E-state index contributed by atoms with van der Waals surface area (Å²) in [5.41, 5.74) is 3.79. The Kier molecular flexibility index (Phi) is 5.33. The molecule has 1 N–H and O–H groups in total. The predicted molar refractivity (Wildman–Crippen MR) is 112 cm³/mol. The topological polar surface area (TPSA) is 62.3 Å². The molecule has 0 radical (unpaired) electrons. The van der Waals surface area contributed by atoms with Gasteiger partial charge in [0, 0.05) is 17.9 Å². The first-order valence-electron chi connectivity index (χ1n) is 8.41. The number of benzene rings is 2. The first-order chi connectivity index (χ1) is 13.1. The van der Waals surface area contributed by atoms with E-state index in [9.17, 15) is 9.59 Å². The number of nitrogens with one attached hydrogen (secondary N) is 1. The highest BCUT2D eigenvalue weighted by Crippen LogP contribution is 2.33. The van der Waals surface area contributed by atoms with Gasteiger partial charge in [0.1, 0.15) is 5.88 Å². The molecule has 0 saturated carbocycles. The number of aromatic nitrogens is 1. The van der Waals surface area contributed by atoms with Gasteiger partial charge in [-0.05, 0) is 36.2 Å². The van der Waals surface area contributed by atoms with Crippen LogP contribution in [0, 0.1) is 0 Å². The molecule has 0 unspecified atom stereocenters. The van der Waals surface area contributed by atoms with Gasteiger partial charge in [0.25, 0.3) is 0 Å². The van der Waals surface area contributed by atoms with Crippen LogP contribution in [0.3, 0.4) is 0 Å². The molecule has 3 aromatic rings. The Bertz CT molecular complexity index is 1020. The van der Waals surface area contributed by atoms with Crippen molar-refractivity contribution >= 4 is 68.1 Å². The number of anilines is 2. The minimum absolute atomic E-state index is 0.0798. The Morgan fingerprint density at radius 2 is 2.11 bits per heavy atom. The maximum atomic E-state index is 12.6. The molecule has 138 valence electrons. The lowest BCUT2D eigenvalue weighted by Gasteiger charge is -2.16. The lowest BCUT2D eigenvalue weighted by Crippen LogP contribution is -2.30. The minimum Gasteiger partial charge on any atom is -0.325 e. The highest BCUT2D eigenvalue weighted by Gasteiger charge is 2.24. The van der Waals surface area contributed by atoms with Crippen molar-refractivity contribution < 1.29 is 9.59 Å². The number of amides is 2. The lowest BCUT2D eigenvalue weighted by atomic mass is 10.2. The number of rotatable bonds is 5. The van der Waals surface area contributed by atoms with Crippen LogP contribution >= 0.6 is 34.7 Å². The third kappa shape index (κ3) is 3.95. The predicted octanol–water partition coefficient (Wildman–Crippen LogP) is 4.16. The SMILES string of the molecule is O=C(CCl)Nc1ccc2nc(SCC(=O)N3CCc4ccccc43)sc2c1. The standard InChI is InChI=1S/C19H16ClN3O2S2/c20-10-17(24)21-13-5-6-14-16(9-13)27-19(22-14)26-11-18(25)23-8-7-12-3-1-2-4-15(12)23/h1-6,9H,7-8,10-11H2,(H,21,24). The lowest BCUT2D eigenvalue weighted by molar-refractivity contribution is -0.116. The van der Waals surface area contributed by atoms with Crippen LogP contribution < -0.4 is 10.2 Å². The second kappa shape index (κ2) is 7.88.